The number of benzene rings is 2. The van der Waals surface area contributed by atoms with E-state index in [0.717, 1.165) is 10.5 Å². The number of hydrogen-bond donors (Lipinski definition) is 1. The highest BCUT2D eigenvalue weighted by Gasteiger charge is 2.14. The molecule has 0 bridgehead atoms. The molecular formula is C14H11ClO2S. The molecule has 0 radical (unpaired) electrons. The SMILES string of the molecule is CSc1ccc(-c2ccccc2Cl)c(C(=O)O)c1. The summed E-state index contributed by atoms with van der Waals surface area (Å²) in [5.41, 5.74) is 1.66. The van der Waals surface area contributed by atoms with Crippen molar-refractivity contribution >= 4 is 29.3 Å². The molecule has 18 heavy (non-hydrogen) atoms. The van der Waals surface area contributed by atoms with Gasteiger partial charge in [-0.05, 0) is 30.0 Å². The van der Waals surface area contributed by atoms with E-state index in [0.29, 0.717) is 10.6 Å². The van der Waals surface area contributed by atoms with Crippen LogP contribution in [-0.4, -0.2) is 17.3 Å². The molecule has 0 aromatic heterocycles. The van der Waals surface area contributed by atoms with Crippen LogP contribution >= 0.6 is 23.4 Å². The van der Waals surface area contributed by atoms with Gasteiger partial charge in [-0.3, -0.25) is 0 Å². The van der Waals surface area contributed by atoms with Gasteiger partial charge < -0.3 is 5.11 Å². The predicted molar refractivity (Wildman–Crippen MR) is 75.6 cm³/mol. The minimum absolute atomic E-state index is 0.273. The maximum absolute atomic E-state index is 11.3. The Bertz CT molecular complexity index is 596. The van der Waals surface area contributed by atoms with Gasteiger partial charge >= 0.3 is 5.97 Å². The van der Waals surface area contributed by atoms with Crippen molar-refractivity contribution in [2.75, 3.05) is 6.26 Å². The lowest BCUT2D eigenvalue weighted by Crippen LogP contribution is -2.00. The summed E-state index contributed by atoms with van der Waals surface area (Å²) >= 11 is 7.62. The van der Waals surface area contributed by atoms with Crippen molar-refractivity contribution < 1.29 is 9.90 Å². The molecule has 0 heterocycles. The topological polar surface area (TPSA) is 37.3 Å². The van der Waals surface area contributed by atoms with E-state index in [2.05, 4.69) is 0 Å². The number of carboxylic acid groups (broad SMARTS) is 1. The molecule has 1 N–H and O–H groups in total. The summed E-state index contributed by atoms with van der Waals surface area (Å²) < 4.78 is 0. The highest BCUT2D eigenvalue weighted by Crippen LogP contribution is 2.32. The van der Waals surface area contributed by atoms with Crippen LogP contribution in [0.15, 0.2) is 47.4 Å². The Morgan fingerprint density at radius 3 is 2.50 bits per heavy atom. The van der Waals surface area contributed by atoms with Gasteiger partial charge in [-0.2, -0.15) is 0 Å². The zero-order valence-electron chi connectivity index (χ0n) is 9.68. The van der Waals surface area contributed by atoms with Crippen LogP contribution in [0.4, 0.5) is 0 Å². The van der Waals surface area contributed by atoms with E-state index >= 15 is 0 Å². The Morgan fingerprint density at radius 1 is 1.17 bits per heavy atom. The van der Waals surface area contributed by atoms with Crippen molar-refractivity contribution in [2.24, 2.45) is 0 Å². The molecule has 2 nitrogen and oxygen atoms in total. The molecule has 2 rings (SSSR count). The van der Waals surface area contributed by atoms with Gasteiger partial charge in [-0.1, -0.05) is 35.9 Å². The Kier molecular flexibility index (Phi) is 3.94. The van der Waals surface area contributed by atoms with Crippen molar-refractivity contribution in [3.63, 3.8) is 0 Å². The van der Waals surface area contributed by atoms with Gasteiger partial charge in [0, 0.05) is 15.5 Å². The zero-order chi connectivity index (χ0) is 13.1. The summed E-state index contributed by atoms with van der Waals surface area (Å²) in [6.45, 7) is 0. The third-order valence-electron chi connectivity index (χ3n) is 2.62. The Balaban J connectivity index is 2.64. The summed E-state index contributed by atoms with van der Waals surface area (Å²) in [6.07, 6.45) is 1.91. The summed E-state index contributed by atoms with van der Waals surface area (Å²) in [4.78, 5) is 12.2. The lowest BCUT2D eigenvalue weighted by atomic mass is 10.00. The van der Waals surface area contributed by atoms with Crippen LogP contribution in [0.2, 0.25) is 5.02 Å². The number of carboxylic acids is 1. The van der Waals surface area contributed by atoms with Crippen molar-refractivity contribution in [3.05, 3.63) is 53.1 Å². The largest absolute Gasteiger partial charge is 0.478 e. The van der Waals surface area contributed by atoms with Crippen LogP contribution in [0, 0.1) is 0 Å². The molecule has 2 aromatic rings. The fourth-order valence-electron chi connectivity index (χ4n) is 1.74. The van der Waals surface area contributed by atoms with Gasteiger partial charge in [-0.25, -0.2) is 4.79 Å². The second-order valence-corrected chi connectivity index (χ2v) is 4.98. The summed E-state index contributed by atoms with van der Waals surface area (Å²) in [5, 5.41) is 9.84. The molecule has 0 saturated heterocycles. The highest BCUT2D eigenvalue weighted by atomic mass is 35.5. The first-order valence-electron chi connectivity index (χ1n) is 5.29. The minimum atomic E-state index is -0.944. The number of aromatic carboxylic acids is 1. The number of carbonyl (C=O) groups is 1. The molecular weight excluding hydrogens is 268 g/mol. The van der Waals surface area contributed by atoms with E-state index in [4.69, 9.17) is 11.6 Å². The lowest BCUT2D eigenvalue weighted by molar-refractivity contribution is 0.0697. The zero-order valence-corrected chi connectivity index (χ0v) is 11.3. The van der Waals surface area contributed by atoms with Crippen LogP contribution in [0.5, 0.6) is 0 Å². The summed E-state index contributed by atoms with van der Waals surface area (Å²) in [5.74, 6) is -0.944. The van der Waals surface area contributed by atoms with Crippen LogP contribution in [-0.2, 0) is 0 Å². The van der Waals surface area contributed by atoms with Crippen molar-refractivity contribution in [2.45, 2.75) is 4.90 Å². The molecule has 4 heteroatoms. The average molecular weight is 279 g/mol. The molecule has 0 atom stereocenters. The molecule has 92 valence electrons. The number of halogens is 1. The molecule has 0 saturated carbocycles. The number of hydrogen-bond acceptors (Lipinski definition) is 2. The average Bonchev–Trinajstić information content (AvgIpc) is 2.38. The third kappa shape index (κ3) is 2.52. The quantitative estimate of drug-likeness (QED) is 0.844. The Morgan fingerprint density at radius 2 is 1.89 bits per heavy atom. The van der Waals surface area contributed by atoms with Crippen LogP contribution < -0.4 is 0 Å². The summed E-state index contributed by atoms with van der Waals surface area (Å²) in [6, 6.07) is 12.6. The van der Waals surface area contributed by atoms with Gasteiger partial charge in [0.25, 0.3) is 0 Å². The van der Waals surface area contributed by atoms with Crippen LogP contribution in [0.3, 0.4) is 0 Å². The summed E-state index contributed by atoms with van der Waals surface area (Å²) in [7, 11) is 0. The van der Waals surface area contributed by atoms with E-state index in [-0.39, 0.29) is 5.56 Å². The Labute approximate surface area is 115 Å². The fourth-order valence-corrected chi connectivity index (χ4v) is 2.42. The highest BCUT2D eigenvalue weighted by molar-refractivity contribution is 7.98. The second kappa shape index (κ2) is 5.46. The second-order valence-electron chi connectivity index (χ2n) is 3.70. The first kappa shape index (κ1) is 13.0. The molecule has 0 amide bonds. The Hall–Kier alpha value is -1.45. The van der Waals surface area contributed by atoms with Gasteiger partial charge in [0.05, 0.1) is 5.56 Å². The molecule has 0 aliphatic carbocycles. The smallest absolute Gasteiger partial charge is 0.336 e. The predicted octanol–water partition coefficient (Wildman–Crippen LogP) is 4.43. The lowest BCUT2D eigenvalue weighted by Gasteiger charge is -2.09. The molecule has 0 spiro atoms. The maximum atomic E-state index is 11.3. The van der Waals surface area contributed by atoms with Crippen LogP contribution in [0.25, 0.3) is 11.1 Å². The van der Waals surface area contributed by atoms with E-state index in [1.54, 1.807) is 18.2 Å². The minimum Gasteiger partial charge on any atom is -0.478 e. The molecule has 0 unspecified atom stereocenters. The van der Waals surface area contributed by atoms with Crippen molar-refractivity contribution in [1.82, 2.24) is 0 Å². The fraction of sp³-hybridized carbons (Fsp3) is 0.0714. The molecule has 0 aliphatic heterocycles. The van der Waals surface area contributed by atoms with E-state index < -0.39 is 5.97 Å². The maximum Gasteiger partial charge on any atom is 0.336 e. The van der Waals surface area contributed by atoms with E-state index in [1.807, 2.05) is 30.5 Å². The van der Waals surface area contributed by atoms with Gasteiger partial charge in [-0.15, -0.1) is 11.8 Å². The van der Waals surface area contributed by atoms with Crippen LogP contribution in [0.1, 0.15) is 10.4 Å². The molecule has 0 aliphatic rings. The first-order chi connectivity index (χ1) is 8.63. The third-order valence-corrected chi connectivity index (χ3v) is 3.68. The van der Waals surface area contributed by atoms with E-state index in [1.165, 1.54) is 11.8 Å². The number of rotatable bonds is 3. The molecule has 2 aromatic carbocycles. The van der Waals surface area contributed by atoms with Crippen molar-refractivity contribution in [3.8, 4) is 11.1 Å². The first-order valence-corrected chi connectivity index (χ1v) is 6.90. The number of thioether (sulfide) groups is 1. The van der Waals surface area contributed by atoms with Gasteiger partial charge in [0.1, 0.15) is 0 Å². The molecule has 0 fully saturated rings. The van der Waals surface area contributed by atoms with E-state index in [9.17, 15) is 9.90 Å². The normalized spacial score (nSPS) is 10.3. The monoisotopic (exact) mass is 278 g/mol. The standard InChI is InChI=1S/C14H11ClO2S/c1-18-9-6-7-10(12(8-9)14(16)17)11-4-2-3-5-13(11)15/h2-8H,1H3,(H,16,17). The van der Waals surface area contributed by atoms with Gasteiger partial charge in [0.2, 0.25) is 0 Å². The van der Waals surface area contributed by atoms with Gasteiger partial charge in [0.15, 0.2) is 0 Å². The van der Waals surface area contributed by atoms with Crippen molar-refractivity contribution in [1.29, 1.82) is 0 Å².